The molecule has 0 spiro atoms. The van der Waals surface area contributed by atoms with E-state index >= 15 is 0 Å². The van der Waals surface area contributed by atoms with Gasteiger partial charge >= 0.3 is 5.97 Å². The van der Waals surface area contributed by atoms with Gasteiger partial charge in [-0.25, -0.2) is 0 Å². The zero-order valence-electron chi connectivity index (χ0n) is 10.0. The van der Waals surface area contributed by atoms with Crippen molar-refractivity contribution in [3.05, 3.63) is 0 Å². The van der Waals surface area contributed by atoms with Crippen molar-refractivity contribution in [3.63, 3.8) is 0 Å². The van der Waals surface area contributed by atoms with Crippen molar-refractivity contribution in [3.8, 4) is 0 Å². The lowest BCUT2D eigenvalue weighted by molar-refractivity contribution is -0.146. The monoisotopic (exact) mass is 217 g/mol. The third-order valence-electron chi connectivity index (χ3n) is 2.56. The number of hydrogen-bond donors (Lipinski definition) is 2. The molecule has 0 saturated carbocycles. The number of carboxylic acids is 1. The molecule has 0 aromatic heterocycles. The van der Waals surface area contributed by atoms with Crippen LogP contribution >= 0.6 is 0 Å². The molecular formula is C11H23NO3. The molecule has 2 N–H and O–H groups in total. The van der Waals surface area contributed by atoms with Gasteiger partial charge in [0.1, 0.15) is 5.54 Å². The van der Waals surface area contributed by atoms with E-state index in [9.17, 15) is 4.79 Å². The van der Waals surface area contributed by atoms with Gasteiger partial charge in [-0.05, 0) is 20.4 Å². The van der Waals surface area contributed by atoms with Gasteiger partial charge in [0.15, 0.2) is 0 Å². The fourth-order valence-corrected chi connectivity index (χ4v) is 1.15. The quantitative estimate of drug-likeness (QED) is 0.576. The average molecular weight is 217 g/mol. The van der Waals surface area contributed by atoms with Gasteiger partial charge in [0.2, 0.25) is 0 Å². The van der Waals surface area contributed by atoms with E-state index in [4.69, 9.17) is 9.84 Å². The minimum atomic E-state index is -0.968. The van der Waals surface area contributed by atoms with Crippen LogP contribution in [0.2, 0.25) is 0 Å². The van der Waals surface area contributed by atoms with E-state index < -0.39 is 11.5 Å². The summed E-state index contributed by atoms with van der Waals surface area (Å²) in [6.07, 6.45) is 4.57. The maximum Gasteiger partial charge on any atom is 0.326 e. The second-order valence-electron chi connectivity index (χ2n) is 4.00. The first-order valence-corrected chi connectivity index (χ1v) is 5.57. The average Bonchev–Trinajstić information content (AvgIpc) is 2.22. The van der Waals surface area contributed by atoms with Crippen molar-refractivity contribution >= 4 is 5.97 Å². The summed E-state index contributed by atoms with van der Waals surface area (Å²) in [5.41, 5.74) is -0.968. The Morgan fingerprint density at radius 2 is 2.07 bits per heavy atom. The van der Waals surface area contributed by atoms with E-state index in [1.807, 2.05) is 0 Å². The molecule has 0 aliphatic carbocycles. The Kier molecular flexibility index (Phi) is 7.34. The number of hydrogen-bond acceptors (Lipinski definition) is 3. The van der Waals surface area contributed by atoms with Crippen molar-refractivity contribution in [2.45, 2.75) is 45.1 Å². The number of carbonyl (C=O) groups is 1. The molecule has 0 fully saturated rings. The zero-order valence-corrected chi connectivity index (χ0v) is 10.0. The fourth-order valence-electron chi connectivity index (χ4n) is 1.15. The minimum Gasteiger partial charge on any atom is -0.480 e. The molecule has 0 bridgehead atoms. The molecule has 0 rings (SSSR count). The summed E-state index contributed by atoms with van der Waals surface area (Å²) in [4.78, 5) is 10.9. The van der Waals surface area contributed by atoms with Crippen LogP contribution in [-0.4, -0.2) is 36.9 Å². The molecule has 1 atom stereocenters. The highest BCUT2D eigenvalue weighted by Gasteiger charge is 2.31. The van der Waals surface area contributed by atoms with Crippen molar-refractivity contribution < 1.29 is 14.6 Å². The lowest BCUT2D eigenvalue weighted by atomic mass is 10.1. The van der Waals surface area contributed by atoms with E-state index in [0.717, 1.165) is 12.8 Å². The van der Waals surface area contributed by atoms with E-state index in [-0.39, 0.29) is 6.61 Å². The van der Waals surface area contributed by atoms with Gasteiger partial charge in [0, 0.05) is 6.61 Å². The number of likely N-dealkylation sites (N-methyl/N-ethyl adjacent to an activating group) is 1. The van der Waals surface area contributed by atoms with E-state index in [1.54, 1.807) is 14.0 Å². The smallest absolute Gasteiger partial charge is 0.326 e. The largest absolute Gasteiger partial charge is 0.480 e. The second-order valence-corrected chi connectivity index (χ2v) is 4.00. The SMILES string of the molecule is CCCCCCOCC(C)(NC)C(=O)O. The summed E-state index contributed by atoms with van der Waals surface area (Å²) < 4.78 is 5.35. The Bertz CT molecular complexity index is 185. The number of nitrogens with one attached hydrogen (secondary N) is 1. The number of ether oxygens (including phenoxy) is 1. The summed E-state index contributed by atoms with van der Waals surface area (Å²) in [6, 6.07) is 0. The van der Waals surface area contributed by atoms with Crippen LogP contribution in [0.4, 0.5) is 0 Å². The van der Waals surface area contributed by atoms with E-state index in [0.29, 0.717) is 6.61 Å². The molecule has 15 heavy (non-hydrogen) atoms. The number of rotatable bonds is 9. The van der Waals surface area contributed by atoms with Gasteiger partial charge in [-0.15, -0.1) is 0 Å². The number of carboxylic acid groups (broad SMARTS) is 1. The van der Waals surface area contributed by atoms with Gasteiger partial charge in [-0.2, -0.15) is 0 Å². The maximum atomic E-state index is 10.9. The van der Waals surface area contributed by atoms with Gasteiger partial charge in [-0.1, -0.05) is 26.2 Å². The highest BCUT2D eigenvalue weighted by atomic mass is 16.5. The topological polar surface area (TPSA) is 58.6 Å². The third-order valence-corrected chi connectivity index (χ3v) is 2.56. The van der Waals surface area contributed by atoms with Crippen molar-refractivity contribution in [1.29, 1.82) is 0 Å². The molecule has 0 aliphatic heterocycles. The number of unbranched alkanes of at least 4 members (excludes halogenated alkanes) is 3. The first-order chi connectivity index (χ1) is 7.06. The van der Waals surface area contributed by atoms with Crippen molar-refractivity contribution in [1.82, 2.24) is 5.32 Å². The number of aliphatic carboxylic acids is 1. The van der Waals surface area contributed by atoms with E-state index in [1.165, 1.54) is 12.8 Å². The summed E-state index contributed by atoms with van der Waals surface area (Å²) >= 11 is 0. The molecule has 90 valence electrons. The Morgan fingerprint density at radius 1 is 1.40 bits per heavy atom. The highest BCUT2D eigenvalue weighted by molar-refractivity contribution is 5.78. The standard InChI is InChI=1S/C11H23NO3/c1-4-5-6-7-8-15-9-11(2,12-3)10(13)14/h12H,4-9H2,1-3H3,(H,13,14). The highest BCUT2D eigenvalue weighted by Crippen LogP contribution is 2.05. The molecule has 0 amide bonds. The van der Waals surface area contributed by atoms with Gasteiger partial charge < -0.3 is 15.2 Å². The van der Waals surface area contributed by atoms with Crippen LogP contribution in [0.1, 0.15) is 39.5 Å². The Morgan fingerprint density at radius 3 is 2.53 bits per heavy atom. The predicted molar refractivity (Wildman–Crippen MR) is 60.1 cm³/mol. The first-order valence-electron chi connectivity index (χ1n) is 5.57. The molecule has 0 saturated heterocycles. The molecule has 0 radical (unpaired) electrons. The zero-order chi connectivity index (χ0) is 11.7. The Hall–Kier alpha value is -0.610. The predicted octanol–water partition coefficient (Wildman–Crippen LogP) is 1.65. The lowest BCUT2D eigenvalue weighted by Crippen LogP contribution is -2.51. The van der Waals surface area contributed by atoms with Crippen molar-refractivity contribution in [2.75, 3.05) is 20.3 Å². The molecule has 4 heteroatoms. The molecule has 1 unspecified atom stereocenters. The van der Waals surface area contributed by atoms with Crippen LogP contribution in [0.3, 0.4) is 0 Å². The molecule has 0 heterocycles. The lowest BCUT2D eigenvalue weighted by Gasteiger charge is -2.23. The first kappa shape index (κ1) is 14.4. The molecule has 0 aliphatic rings. The fraction of sp³-hybridized carbons (Fsp3) is 0.909. The van der Waals surface area contributed by atoms with E-state index in [2.05, 4.69) is 12.2 Å². The molecule has 0 aromatic carbocycles. The summed E-state index contributed by atoms with van der Waals surface area (Å²) in [5.74, 6) is -0.876. The molecule has 4 nitrogen and oxygen atoms in total. The summed E-state index contributed by atoms with van der Waals surface area (Å²) in [5, 5.41) is 11.7. The van der Waals surface area contributed by atoms with Crippen molar-refractivity contribution in [2.24, 2.45) is 0 Å². The normalized spacial score (nSPS) is 14.9. The van der Waals surface area contributed by atoms with Gasteiger partial charge in [0.05, 0.1) is 6.61 Å². The van der Waals surface area contributed by atoms with Crippen LogP contribution in [-0.2, 0) is 9.53 Å². The summed E-state index contributed by atoms with van der Waals surface area (Å²) in [6.45, 7) is 4.64. The maximum absolute atomic E-state index is 10.9. The van der Waals surface area contributed by atoms with Crippen LogP contribution < -0.4 is 5.32 Å². The Balaban J connectivity index is 3.60. The second kappa shape index (κ2) is 7.65. The molecular weight excluding hydrogens is 194 g/mol. The minimum absolute atomic E-state index is 0.213. The molecule has 0 aromatic rings. The van der Waals surface area contributed by atoms with Crippen LogP contribution in [0.25, 0.3) is 0 Å². The van der Waals surface area contributed by atoms with Gasteiger partial charge in [-0.3, -0.25) is 4.79 Å². The van der Waals surface area contributed by atoms with Gasteiger partial charge in [0.25, 0.3) is 0 Å². The summed E-state index contributed by atoms with van der Waals surface area (Å²) in [7, 11) is 1.63. The van der Waals surface area contributed by atoms with Crippen LogP contribution in [0.15, 0.2) is 0 Å². The van der Waals surface area contributed by atoms with Crippen LogP contribution in [0.5, 0.6) is 0 Å². The van der Waals surface area contributed by atoms with Crippen LogP contribution in [0, 0.1) is 0 Å². The Labute approximate surface area is 92.0 Å². The third kappa shape index (κ3) is 5.74.